The van der Waals surface area contributed by atoms with Crippen LogP contribution in [0.2, 0.25) is 0 Å². The molecule has 2 rings (SSSR count). The fourth-order valence-electron chi connectivity index (χ4n) is 1.63. The van der Waals surface area contributed by atoms with Crippen LogP contribution in [0.4, 0.5) is 5.69 Å². The first-order valence-electron chi connectivity index (χ1n) is 5.91. The maximum atomic E-state index is 10.7. The second-order valence-electron chi connectivity index (χ2n) is 4.02. The van der Waals surface area contributed by atoms with Crippen molar-refractivity contribution in [2.24, 2.45) is 0 Å². The molecular weight excluding hydrogens is 266 g/mol. The van der Waals surface area contributed by atoms with Crippen molar-refractivity contribution in [1.29, 1.82) is 0 Å². The Balaban J connectivity index is 2.41. The molecule has 0 aliphatic heterocycles. The molecule has 1 N–H and O–H groups in total. The number of methoxy groups -OCH3 is 1. The summed E-state index contributed by atoms with van der Waals surface area (Å²) in [4.78, 5) is 14.3. The highest BCUT2D eigenvalue weighted by Crippen LogP contribution is 2.32. The molecule has 0 amide bonds. The van der Waals surface area contributed by atoms with Crippen LogP contribution in [0.1, 0.15) is 25.3 Å². The number of aliphatic hydroxyl groups excluding tert-OH is 1. The van der Waals surface area contributed by atoms with E-state index < -0.39 is 11.0 Å². The summed E-state index contributed by atoms with van der Waals surface area (Å²) in [6.07, 6.45) is -0.354. The average molecular weight is 279 g/mol. The Kier molecular flexibility index (Phi) is 3.94. The Morgan fingerprint density at radius 1 is 1.55 bits per heavy atom. The minimum absolute atomic E-state index is 0.0982. The molecule has 0 spiro atoms. The van der Waals surface area contributed by atoms with Crippen LogP contribution >= 0.6 is 0 Å². The highest BCUT2D eigenvalue weighted by molar-refractivity contribution is 5.65. The molecular formula is C12H13N3O5. The molecule has 1 unspecified atom stereocenters. The SMILES string of the molecule is CCC(O)c1noc(-c2ccc([N+](=O)[O-])cc2OC)n1. The number of non-ortho nitro benzene ring substituents is 1. The molecule has 2 aromatic rings. The van der Waals surface area contributed by atoms with Gasteiger partial charge in [0, 0.05) is 6.07 Å². The largest absolute Gasteiger partial charge is 0.496 e. The zero-order valence-electron chi connectivity index (χ0n) is 10.9. The highest BCUT2D eigenvalue weighted by atomic mass is 16.6. The lowest BCUT2D eigenvalue weighted by Gasteiger charge is -2.04. The van der Waals surface area contributed by atoms with E-state index in [0.29, 0.717) is 12.0 Å². The van der Waals surface area contributed by atoms with Crippen molar-refractivity contribution in [3.63, 3.8) is 0 Å². The summed E-state index contributed by atoms with van der Waals surface area (Å²) in [5, 5.41) is 24.0. The van der Waals surface area contributed by atoms with E-state index in [9.17, 15) is 15.2 Å². The van der Waals surface area contributed by atoms with Crippen molar-refractivity contribution in [3.8, 4) is 17.2 Å². The van der Waals surface area contributed by atoms with Crippen LogP contribution in [-0.2, 0) is 0 Å². The van der Waals surface area contributed by atoms with Crippen molar-refractivity contribution in [2.45, 2.75) is 19.4 Å². The van der Waals surface area contributed by atoms with E-state index in [2.05, 4.69) is 10.1 Å². The number of nitrogens with zero attached hydrogens (tertiary/aromatic N) is 3. The quantitative estimate of drug-likeness (QED) is 0.658. The topological polar surface area (TPSA) is 112 Å². The molecule has 0 aliphatic carbocycles. The van der Waals surface area contributed by atoms with Gasteiger partial charge in [-0.15, -0.1) is 0 Å². The van der Waals surface area contributed by atoms with Gasteiger partial charge in [-0.3, -0.25) is 10.1 Å². The van der Waals surface area contributed by atoms with Crippen molar-refractivity contribution in [1.82, 2.24) is 10.1 Å². The van der Waals surface area contributed by atoms with Crippen LogP contribution in [0, 0.1) is 10.1 Å². The van der Waals surface area contributed by atoms with E-state index in [4.69, 9.17) is 9.26 Å². The predicted octanol–water partition coefficient (Wildman–Crippen LogP) is 2.10. The lowest BCUT2D eigenvalue weighted by atomic mass is 10.2. The van der Waals surface area contributed by atoms with Crippen LogP contribution in [0.5, 0.6) is 5.75 Å². The first-order chi connectivity index (χ1) is 9.56. The van der Waals surface area contributed by atoms with Gasteiger partial charge in [0.1, 0.15) is 11.9 Å². The zero-order chi connectivity index (χ0) is 14.7. The van der Waals surface area contributed by atoms with Gasteiger partial charge >= 0.3 is 0 Å². The number of aromatic nitrogens is 2. The monoisotopic (exact) mass is 279 g/mol. The van der Waals surface area contributed by atoms with Gasteiger partial charge in [-0.1, -0.05) is 12.1 Å². The predicted molar refractivity (Wildman–Crippen MR) is 68.2 cm³/mol. The Morgan fingerprint density at radius 2 is 2.30 bits per heavy atom. The number of nitro groups is 1. The summed E-state index contributed by atoms with van der Waals surface area (Å²) >= 11 is 0. The molecule has 0 aliphatic rings. The maximum absolute atomic E-state index is 10.7. The minimum Gasteiger partial charge on any atom is -0.496 e. The summed E-state index contributed by atoms with van der Waals surface area (Å²) in [6.45, 7) is 1.78. The van der Waals surface area contributed by atoms with Crippen LogP contribution in [0.25, 0.3) is 11.5 Å². The van der Waals surface area contributed by atoms with Gasteiger partial charge < -0.3 is 14.4 Å². The van der Waals surface area contributed by atoms with Crippen LogP contribution in [-0.4, -0.2) is 27.3 Å². The van der Waals surface area contributed by atoms with E-state index in [0.717, 1.165) is 0 Å². The van der Waals surface area contributed by atoms with E-state index in [1.165, 1.54) is 25.3 Å². The standard InChI is InChI=1S/C12H13N3O5/c1-3-9(16)11-13-12(20-14-11)8-5-4-7(15(17)18)6-10(8)19-2/h4-6,9,16H,3H2,1-2H3. The van der Waals surface area contributed by atoms with E-state index >= 15 is 0 Å². The molecule has 0 saturated carbocycles. The molecule has 0 bridgehead atoms. The second-order valence-corrected chi connectivity index (χ2v) is 4.02. The fraction of sp³-hybridized carbons (Fsp3) is 0.333. The number of benzene rings is 1. The molecule has 0 radical (unpaired) electrons. The number of ether oxygens (including phenoxy) is 1. The number of aliphatic hydroxyl groups is 1. The lowest BCUT2D eigenvalue weighted by Crippen LogP contribution is -1.97. The lowest BCUT2D eigenvalue weighted by molar-refractivity contribution is -0.384. The van der Waals surface area contributed by atoms with Crippen LogP contribution in [0.3, 0.4) is 0 Å². The third-order valence-corrected chi connectivity index (χ3v) is 2.75. The van der Waals surface area contributed by atoms with Gasteiger partial charge in [-0.2, -0.15) is 4.98 Å². The maximum Gasteiger partial charge on any atom is 0.273 e. The van der Waals surface area contributed by atoms with Crippen molar-refractivity contribution in [3.05, 3.63) is 34.1 Å². The second kappa shape index (κ2) is 5.66. The zero-order valence-corrected chi connectivity index (χ0v) is 10.9. The third kappa shape index (κ3) is 2.59. The van der Waals surface area contributed by atoms with E-state index in [1.807, 2.05) is 0 Å². The van der Waals surface area contributed by atoms with Gasteiger partial charge in [0.25, 0.3) is 11.6 Å². The van der Waals surface area contributed by atoms with Crippen molar-refractivity contribution < 1.29 is 19.3 Å². The molecule has 1 heterocycles. The summed E-state index contributed by atoms with van der Waals surface area (Å²) in [7, 11) is 1.39. The number of hydrogen-bond acceptors (Lipinski definition) is 7. The fourth-order valence-corrected chi connectivity index (χ4v) is 1.63. The highest BCUT2D eigenvalue weighted by Gasteiger charge is 2.19. The van der Waals surface area contributed by atoms with Crippen molar-refractivity contribution >= 4 is 5.69 Å². The van der Waals surface area contributed by atoms with Crippen LogP contribution < -0.4 is 4.74 Å². The van der Waals surface area contributed by atoms with E-state index in [1.54, 1.807) is 6.92 Å². The van der Waals surface area contributed by atoms with Gasteiger partial charge in [0.15, 0.2) is 0 Å². The molecule has 0 fully saturated rings. The normalized spacial score (nSPS) is 12.2. The van der Waals surface area contributed by atoms with Gasteiger partial charge in [-0.05, 0) is 12.5 Å². The Hall–Kier alpha value is -2.48. The Bertz CT molecular complexity index is 625. The number of nitro benzene ring substituents is 1. The van der Waals surface area contributed by atoms with E-state index in [-0.39, 0.29) is 23.2 Å². The van der Waals surface area contributed by atoms with Gasteiger partial charge in [0.2, 0.25) is 5.82 Å². The van der Waals surface area contributed by atoms with Gasteiger partial charge in [0.05, 0.1) is 23.7 Å². The smallest absolute Gasteiger partial charge is 0.273 e. The molecule has 1 atom stereocenters. The van der Waals surface area contributed by atoms with Crippen LogP contribution in [0.15, 0.2) is 22.7 Å². The molecule has 8 nitrogen and oxygen atoms in total. The molecule has 1 aromatic heterocycles. The molecule has 0 saturated heterocycles. The van der Waals surface area contributed by atoms with Crippen molar-refractivity contribution in [2.75, 3.05) is 7.11 Å². The Labute approximate surface area is 114 Å². The first kappa shape index (κ1) is 13.9. The number of rotatable bonds is 5. The Morgan fingerprint density at radius 3 is 2.90 bits per heavy atom. The molecule has 1 aromatic carbocycles. The summed E-state index contributed by atoms with van der Waals surface area (Å²) in [6, 6.07) is 4.06. The minimum atomic E-state index is -0.809. The van der Waals surface area contributed by atoms with Gasteiger partial charge in [-0.25, -0.2) is 0 Å². The molecule has 20 heavy (non-hydrogen) atoms. The number of hydrogen-bond donors (Lipinski definition) is 1. The third-order valence-electron chi connectivity index (χ3n) is 2.75. The summed E-state index contributed by atoms with van der Waals surface area (Å²) < 4.78 is 10.1. The summed E-state index contributed by atoms with van der Waals surface area (Å²) in [5.41, 5.74) is 0.332. The molecule has 106 valence electrons. The average Bonchev–Trinajstić information content (AvgIpc) is 2.95. The first-order valence-corrected chi connectivity index (χ1v) is 5.91. The molecule has 8 heteroatoms. The summed E-state index contributed by atoms with van der Waals surface area (Å²) in [5.74, 6) is 0.558.